The molecule has 2 amide bonds. The predicted octanol–water partition coefficient (Wildman–Crippen LogP) is 5.01. The minimum Gasteiger partial charge on any atom is -0.369 e. The number of anilines is 1. The molecule has 0 atom stereocenters. The number of H-pyrrole nitrogens is 1. The van der Waals surface area contributed by atoms with Crippen LogP contribution < -0.4 is 10.2 Å². The number of nitrogens with one attached hydrogen (secondary N) is 2. The molecule has 0 unspecified atom stereocenters. The van der Waals surface area contributed by atoms with Gasteiger partial charge in [0.25, 0.3) is 5.91 Å². The van der Waals surface area contributed by atoms with E-state index in [1.165, 1.54) is 4.90 Å². The highest BCUT2D eigenvalue weighted by Gasteiger charge is 2.26. The van der Waals surface area contributed by atoms with Crippen LogP contribution in [0.3, 0.4) is 0 Å². The molecule has 0 saturated carbocycles. The van der Waals surface area contributed by atoms with E-state index in [-0.39, 0.29) is 23.2 Å². The first-order valence-corrected chi connectivity index (χ1v) is 13.8. The summed E-state index contributed by atoms with van der Waals surface area (Å²) in [7, 11) is 3.32. The first-order chi connectivity index (χ1) is 18.7. The Hall–Kier alpha value is -3.36. The molecule has 2 N–H and O–H groups in total. The van der Waals surface area contributed by atoms with E-state index in [1.807, 2.05) is 44.2 Å². The lowest BCUT2D eigenvalue weighted by molar-refractivity contribution is -0.133. The molecule has 7 nitrogen and oxygen atoms in total. The van der Waals surface area contributed by atoms with Gasteiger partial charge in [-0.3, -0.25) is 9.59 Å². The monoisotopic (exact) mass is 551 g/mol. The molecule has 1 saturated heterocycles. The van der Waals surface area contributed by atoms with E-state index >= 15 is 4.39 Å². The number of nitrogens with zero attached hydrogens (tertiary/aromatic N) is 3. The summed E-state index contributed by atoms with van der Waals surface area (Å²) >= 11 is 6.89. The molecule has 0 bridgehead atoms. The molecule has 3 aromatic rings. The van der Waals surface area contributed by atoms with Crippen molar-refractivity contribution in [2.75, 3.05) is 58.3 Å². The van der Waals surface area contributed by atoms with E-state index < -0.39 is 5.82 Å². The number of aromatic amines is 1. The Morgan fingerprint density at radius 3 is 2.44 bits per heavy atom. The number of piperazine rings is 1. The van der Waals surface area contributed by atoms with Crippen LogP contribution in [0.2, 0.25) is 5.02 Å². The van der Waals surface area contributed by atoms with E-state index in [0.717, 1.165) is 48.6 Å². The van der Waals surface area contributed by atoms with Gasteiger partial charge in [-0.25, -0.2) is 4.39 Å². The summed E-state index contributed by atoms with van der Waals surface area (Å²) in [5.74, 6) is -0.773. The minimum atomic E-state index is -0.440. The average Bonchev–Trinajstić information content (AvgIpc) is 3.39. The molecule has 2 aliphatic heterocycles. The van der Waals surface area contributed by atoms with Gasteiger partial charge in [-0.15, -0.1) is 0 Å². The third kappa shape index (κ3) is 5.28. The molecule has 0 spiro atoms. The highest BCUT2D eigenvalue weighted by Crippen LogP contribution is 2.40. The van der Waals surface area contributed by atoms with Crippen molar-refractivity contribution in [3.63, 3.8) is 0 Å². The van der Waals surface area contributed by atoms with Crippen molar-refractivity contribution < 1.29 is 14.0 Å². The van der Waals surface area contributed by atoms with Crippen molar-refractivity contribution in [3.8, 4) is 11.1 Å². The Labute approximate surface area is 233 Å². The summed E-state index contributed by atoms with van der Waals surface area (Å²) in [6.45, 7) is 8.32. The van der Waals surface area contributed by atoms with Gasteiger partial charge in [0, 0.05) is 81.5 Å². The maximum atomic E-state index is 16.2. The first kappa shape index (κ1) is 27.2. The molecule has 0 aliphatic carbocycles. The van der Waals surface area contributed by atoms with Gasteiger partial charge in [0.05, 0.1) is 10.5 Å². The van der Waals surface area contributed by atoms with Gasteiger partial charge >= 0.3 is 0 Å². The molecule has 3 heterocycles. The number of hydrogen-bond donors (Lipinski definition) is 2. The number of carbonyl (C=O) groups is 2. The van der Waals surface area contributed by atoms with Crippen LogP contribution in [-0.4, -0.2) is 80.0 Å². The third-order valence-electron chi connectivity index (χ3n) is 7.52. The summed E-state index contributed by atoms with van der Waals surface area (Å²) in [6.07, 6.45) is 2.65. The number of hydrogen-bond acceptors (Lipinski definition) is 4. The largest absolute Gasteiger partial charge is 0.369 e. The number of rotatable bonds is 5. The van der Waals surface area contributed by atoms with Gasteiger partial charge < -0.3 is 25.0 Å². The average molecular weight is 552 g/mol. The molecule has 5 rings (SSSR count). The van der Waals surface area contributed by atoms with E-state index in [0.29, 0.717) is 41.2 Å². The van der Waals surface area contributed by atoms with Crippen molar-refractivity contribution in [3.05, 3.63) is 58.5 Å². The van der Waals surface area contributed by atoms with Crippen molar-refractivity contribution >= 4 is 45.6 Å². The van der Waals surface area contributed by atoms with Crippen LogP contribution in [0.25, 0.3) is 27.6 Å². The summed E-state index contributed by atoms with van der Waals surface area (Å²) in [5, 5.41) is 4.50. The summed E-state index contributed by atoms with van der Waals surface area (Å²) in [4.78, 5) is 34.1. The van der Waals surface area contributed by atoms with Crippen molar-refractivity contribution in [1.29, 1.82) is 0 Å². The topological polar surface area (TPSA) is 71.7 Å². The van der Waals surface area contributed by atoms with Crippen LogP contribution in [0, 0.1) is 11.7 Å². The predicted molar refractivity (Wildman–Crippen MR) is 156 cm³/mol. The first-order valence-electron chi connectivity index (χ1n) is 13.5. The lowest BCUT2D eigenvalue weighted by Gasteiger charge is -2.30. The van der Waals surface area contributed by atoms with Gasteiger partial charge in [-0.1, -0.05) is 37.6 Å². The van der Waals surface area contributed by atoms with E-state index in [9.17, 15) is 9.59 Å². The number of aromatic nitrogens is 1. The number of carbonyl (C=O) groups excluding carboxylic acids is 2. The Kier molecular flexibility index (Phi) is 7.69. The fourth-order valence-electron chi connectivity index (χ4n) is 5.41. The van der Waals surface area contributed by atoms with Crippen molar-refractivity contribution in [2.24, 2.45) is 5.92 Å². The van der Waals surface area contributed by atoms with Crippen LogP contribution in [0.15, 0.2) is 36.4 Å². The molecular weight excluding hydrogens is 517 g/mol. The molecule has 2 aromatic carbocycles. The highest BCUT2D eigenvalue weighted by atomic mass is 35.5. The molecule has 1 fully saturated rings. The van der Waals surface area contributed by atoms with Gasteiger partial charge in [0.15, 0.2) is 5.82 Å². The second-order valence-electron chi connectivity index (χ2n) is 10.8. The molecule has 206 valence electrons. The number of fused-ring (bicyclic) bond motifs is 1. The molecular formula is C30H35ClFN5O2. The summed E-state index contributed by atoms with van der Waals surface area (Å²) in [5.41, 5.74) is 4.25. The maximum absolute atomic E-state index is 16.2. The van der Waals surface area contributed by atoms with Crippen LogP contribution in [-0.2, 0) is 4.79 Å². The lowest BCUT2D eigenvalue weighted by Crippen LogP contribution is -2.43. The maximum Gasteiger partial charge on any atom is 0.269 e. The molecule has 2 aliphatic rings. The lowest BCUT2D eigenvalue weighted by atomic mass is 9.93. The Bertz CT molecular complexity index is 1460. The second kappa shape index (κ2) is 11.0. The van der Waals surface area contributed by atoms with E-state index in [1.54, 1.807) is 25.1 Å². The quantitative estimate of drug-likeness (QED) is 0.467. The fourth-order valence-corrected chi connectivity index (χ4v) is 5.68. The SMILES string of the molecule is CC(C)C(=O)N1CCC=C(c2cc(-c3ccc(N4CCNCC4)cc3Cl)c3cc(C(=O)N(C)C)[nH]c3c2F)C1. The van der Waals surface area contributed by atoms with Crippen LogP contribution in [0.1, 0.15) is 36.3 Å². The summed E-state index contributed by atoms with van der Waals surface area (Å²) in [6, 6.07) is 9.49. The Morgan fingerprint density at radius 1 is 1.03 bits per heavy atom. The molecule has 9 heteroatoms. The smallest absolute Gasteiger partial charge is 0.269 e. The fraction of sp³-hybridized carbons (Fsp3) is 0.400. The van der Waals surface area contributed by atoms with Crippen LogP contribution >= 0.6 is 11.6 Å². The molecule has 0 radical (unpaired) electrons. The van der Waals surface area contributed by atoms with Crippen molar-refractivity contribution in [2.45, 2.75) is 20.3 Å². The normalized spacial score (nSPS) is 16.1. The van der Waals surface area contributed by atoms with Crippen LogP contribution in [0.5, 0.6) is 0 Å². The standard InChI is InChI=1S/C30H35ClFN5O2/c1-18(2)29(38)37-11-5-6-19(17-37)22-15-23(24-16-26(30(39)35(3)4)34-28(24)27(22)32)21-8-7-20(14-25(21)31)36-12-9-33-10-13-36/h6-8,14-16,18,33-34H,5,9-13,17H2,1-4H3. The van der Waals surface area contributed by atoms with Gasteiger partial charge in [0.2, 0.25) is 5.91 Å². The van der Waals surface area contributed by atoms with Gasteiger partial charge in [-0.05, 0) is 41.8 Å². The van der Waals surface area contributed by atoms with Gasteiger partial charge in [0.1, 0.15) is 5.69 Å². The minimum absolute atomic E-state index is 0.0487. The number of amides is 2. The van der Waals surface area contributed by atoms with Crippen molar-refractivity contribution in [1.82, 2.24) is 20.1 Å². The second-order valence-corrected chi connectivity index (χ2v) is 11.2. The number of halogens is 2. The van der Waals surface area contributed by atoms with E-state index in [4.69, 9.17) is 11.6 Å². The Balaban J connectivity index is 1.64. The number of benzene rings is 2. The Morgan fingerprint density at radius 2 is 1.77 bits per heavy atom. The molecule has 1 aromatic heterocycles. The molecule has 39 heavy (non-hydrogen) atoms. The zero-order valence-electron chi connectivity index (χ0n) is 22.9. The third-order valence-corrected chi connectivity index (χ3v) is 7.83. The zero-order valence-corrected chi connectivity index (χ0v) is 23.7. The van der Waals surface area contributed by atoms with Gasteiger partial charge in [-0.2, -0.15) is 0 Å². The van der Waals surface area contributed by atoms with E-state index in [2.05, 4.69) is 15.2 Å². The summed E-state index contributed by atoms with van der Waals surface area (Å²) < 4.78 is 16.2. The van der Waals surface area contributed by atoms with Crippen LogP contribution in [0.4, 0.5) is 10.1 Å². The zero-order chi connectivity index (χ0) is 27.8. The highest BCUT2D eigenvalue weighted by molar-refractivity contribution is 6.34.